The number of rotatable bonds is 4. The fourth-order valence-corrected chi connectivity index (χ4v) is 5.32. The molecule has 4 heterocycles. The number of hydrogen-bond acceptors (Lipinski definition) is 6. The molecule has 0 atom stereocenters. The third-order valence-electron chi connectivity index (χ3n) is 7.07. The van der Waals surface area contributed by atoms with Gasteiger partial charge in [0.15, 0.2) is 0 Å². The standard InChI is InChI=1S/C25H18N6O.C7H8O3S/c1-29-23-16-27-22-10-5-17(18-4-2-11-26-15-18)14-21(22)24(23)31(25(29)32)20-8-6-19(7-9-20)30-13-3-12-28-30;1-6-2-4-7(5-3-6)11(8,9)10/h2-16H,1H3;2-5H,1H3,(H,8,9,10). The molecule has 0 amide bonds. The summed E-state index contributed by atoms with van der Waals surface area (Å²) in [5.74, 6) is 0. The van der Waals surface area contributed by atoms with Crippen LogP contribution in [-0.2, 0) is 17.2 Å². The molecule has 0 bridgehead atoms. The third-order valence-corrected chi connectivity index (χ3v) is 7.94. The number of aromatic nitrogens is 6. The molecule has 0 fully saturated rings. The Morgan fingerprint density at radius 2 is 1.56 bits per heavy atom. The number of benzene rings is 3. The molecule has 0 saturated carbocycles. The number of aryl methyl sites for hydroxylation is 2. The average Bonchev–Trinajstić information content (AvgIpc) is 3.65. The van der Waals surface area contributed by atoms with E-state index in [0.29, 0.717) is 0 Å². The molecule has 1 N–H and O–H groups in total. The van der Waals surface area contributed by atoms with Gasteiger partial charge in [0, 0.05) is 42.8 Å². The minimum absolute atomic E-state index is 0.0666. The predicted octanol–water partition coefficient (Wildman–Crippen LogP) is 5.37. The molecule has 0 unspecified atom stereocenters. The van der Waals surface area contributed by atoms with Crippen LogP contribution < -0.4 is 5.69 Å². The second-order valence-electron chi connectivity index (χ2n) is 9.90. The zero-order valence-corrected chi connectivity index (χ0v) is 24.0. The SMILES string of the molecule is Cc1ccc(S(=O)(=O)O)cc1.Cn1c(=O)n(-c2ccc(-n3cccn3)cc2)c2c3cc(-c4cccnc4)ccc3ncc21. The highest BCUT2D eigenvalue weighted by Crippen LogP contribution is 2.29. The van der Waals surface area contributed by atoms with Gasteiger partial charge in [-0.1, -0.05) is 29.8 Å². The second-order valence-corrected chi connectivity index (χ2v) is 11.3. The van der Waals surface area contributed by atoms with Gasteiger partial charge in [0.1, 0.15) is 0 Å². The summed E-state index contributed by atoms with van der Waals surface area (Å²) in [6, 6.07) is 25.7. The van der Waals surface area contributed by atoms with Crippen LogP contribution in [0, 0.1) is 6.92 Å². The van der Waals surface area contributed by atoms with Crippen LogP contribution in [0.1, 0.15) is 5.56 Å². The number of hydrogen-bond donors (Lipinski definition) is 1. The predicted molar refractivity (Wildman–Crippen MR) is 165 cm³/mol. The van der Waals surface area contributed by atoms with Crippen molar-refractivity contribution in [2.75, 3.05) is 0 Å². The van der Waals surface area contributed by atoms with Crippen molar-refractivity contribution < 1.29 is 13.0 Å². The van der Waals surface area contributed by atoms with E-state index in [1.165, 1.54) is 12.1 Å². The number of fused-ring (bicyclic) bond motifs is 3. The van der Waals surface area contributed by atoms with Crippen molar-refractivity contribution in [2.45, 2.75) is 11.8 Å². The van der Waals surface area contributed by atoms with Gasteiger partial charge in [-0.05, 0) is 73.2 Å². The molecule has 10 nitrogen and oxygen atoms in total. The Bertz CT molecular complexity index is 2220. The minimum Gasteiger partial charge on any atom is -0.293 e. The van der Waals surface area contributed by atoms with Gasteiger partial charge in [0.2, 0.25) is 0 Å². The number of imidazole rings is 1. The molecule has 214 valence electrons. The van der Waals surface area contributed by atoms with Crippen LogP contribution in [0.2, 0.25) is 0 Å². The summed E-state index contributed by atoms with van der Waals surface area (Å²) in [6.07, 6.45) is 8.98. The van der Waals surface area contributed by atoms with Crippen molar-refractivity contribution >= 4 is 32.1 Å². The van der Waals surface area contributed by atoms with E-state index < -0.39 is 10.1 Å². The first-order chi connectivity index (χ1) is 20.7. The Morgan fingerprint density at radius 3 is 2.21 bits per heavy atom. The van der Waals surface area contributed by atoms with Crippen molar-refractivity contribution in [3.8, 4) is 22.5 Å². The summed E-state index contributed by atoms with van der Waals surface area (Å²) in [6.45, 7) is 1.84. The van der Waals surface area contributed by atoms with Gasteiger partial charge in [-0.2, -0.15) is 13.5 Å². The van der Waals surface area contributed by atoms with Gasteiger partial charge in [-0.15, -0.1) is 0 Å². The minimum atomic E-state index is -4.02. The van der Waals surface area contributed by atoms with E-state index in [1.54, 1.807) is 51.6 Å². The lowest BCUT2D eigenvalue weighted by Crippen LogP contribution is -2.20. The maximum atomic E-state index is 13.3. The largest absolute Gasteiger partial charge is 0.333 e. The number of pyridine rings is 2. The summed E-state index contributed by atoms with van der Waals surface area (Å²) >= 11 is 0. The van der Waals surface area contributed by atoms with Crippen molar-refractivity contribution in [1.82, 2.24) is 28.9 Å². The van der Waals surface area contributed by atoms with Gasteiger partial charge in [-0.25, -0.2) is 9.48 Å². The van der Waals surface area contributed by atoms with E-state index in [4.69, 9.17) is 4.55 Å². The maximum Gasteiger partial charge on any atom is 0.333 e. The molecule has 0 saturated heterocycles. The first-order valence-corrected chi connectivity index (χ1v) is 14.7. The van der Waals surface area contributed by atoms with E-state index in [2.05, 4.69) is 21.1 Å². The summed E-state index contributed by atoms with van der Waals surface area (Å²) in [7, 11) is -2.24. The molecule has 11 heteroatoms. The summed E-state index contributed by atoms with van der Waals surface area (Å²) in [5.41, 5.74) is 7.04. The van der Waals surface area contributed by atoms with E-state index >= 15 is 0 Å². The van der Waals surface area contributed by atoms with Crippen LogP contribution in [0.4, 0.5) is 0 Å². The summed E-state index contributed by atoms with van der Waals surface area (Å²) < 4.78 is 34.7. The summed E-state index contributed by atoms with van der Waals surface area (Å²) in [5, 5.41) is 5.19. The first-order valence-electron chi connectivity index (χ1n) is 13.3. The Balaban J connectivity index is 0.000000254. The van der Waals surface area contributed by atoms with Gasteiger partial charge < -0.3 is 0 Å². The molecule has 43 heavy (non-hydrogen) atoms. The molecule has 0 aliphatic heterocycles. The average molecular weight is 591 g/mol. The molecular formula is C32H26N6O4S. The summed E-state index contributed by atoms with van der Waals surface area (Å²) in [4.78, 5) is 22.0. The lowest BCUT2D eigenvalue weighted by atomic mass is 10.0. The van der Waals surface area contributed by atoms with Crippen molar-refractivity contribution in [2.24, 2.45) is 7.05 Å². The van der Waals surface area contributed by atoms with E-state index in [0.717, 1.165) is 50.0 Å². The Morgan fingerprint density at radius 1 is 0.814 bits per heavy atom. The van der Waals surface area contributed by atoms with Crippen LogP contribution in [0.15, 0.2) is 126 Å². The molecule has 4 aromatic heterocycles. The van der Waals surface area contributed by atoms with E-state index in [-0.39, 0.29) is 10.6 Å². The molecular weight excluding hydrogens is 564 g/mol. The highest BCUT2D eigenvalue weighted by molar-refractivity contribution is 7.85. The number of nitrogens with zero attached hydrogens (tertiary/aromatic N) is 6. The van der Waals surface area contributed by atoms with Crippen LogP contribution in [-0.4, -0.2) is 41.9 Å². The zero-order valence-electron chi connectivity index (χ0n) is 23.2. The first kappa shape index (κ1) is 27.8. The normalized spacial score (nSPS) is 11.4. The van der Waals surface area contributed by atoms with Gasteiger partial charge >= 0.3 is 5.69 Å². The Hall–Kier alpha value is -5.39. The fraction of sp³-hybridized carbons (Fsp3) is 0.0625. The van der Waals surface area contributed by atoms with Crippen LogP contribution in [0.5, 0.6) is 0 Å². The smallest absolute Gasteiger partial charge is 0.293 e. The lowest BCUT2D eigenvalue weighted by Gasteiger charge is -2.09. The van der Waals surface area contributed by atoms with Gasteiger partial charge in [0.25, 0.3) is 10.1 Å². The topological polar surface area (TPSA) is 125 Å². The molecule has 7 rings (SSSR count). The molecule has 0 radical (unpaired) electrons. The van der Waals surface area contributed by atoms with E-state index in [9.17, 15) is 13.2 Å². The fourth-order valence-electron chi connectivity index (χ4n) is 4.84. The van der Waals surface area contributed by atoms with Gasteiger partial charge in [0.05, 0.1) is 39.0 Å². The molecule has 0 aliphatic rings. The maximum absolute atomic E-state index is 13.3. The van der Waals surface area contributed by atoms with Crippen LogP contribution in [0.3, 0.4) is 0 Å². The monoisotopic (exact) mass is 590 g/mol. The van der Waals surface area contributed by atoms with Crippen molar-refractivity contribution in [3.63, 3.8) is 0 Å². The highest BCUT2D eigenvalue weighted by Gasteiger charge is 2.17. The van der Waals surface area contributed by atoms with Crippen molar-refractivity contribution in [3.05, 3.63) is 132 Å². The van der Waals surface area contributed by atoms with Crippen molar-refractivity contribution in [1.29, 1.82) is 0 Å². The molecule has 0 aliphatic carbocycles. The lowest BCUT2D eigenvalue weighted by molar-refractivity contribution is 0.483. The van der Waals surface area contributed by atoms with Crippen LogP contribution in [0.25, 0.3) is 44.4 Å². The molecule has 7 aromatic rings. The van der Waals surface area contributed by atoms with E-state index in [1.807, 2.05) is 73.9 Å². The van der Waals surface area contributed by atoms with Gasteiger partial charge in [-0.3, -0.25) is 23.7 Å². The Kier molecular flexibility index (Phi) is 7.18. The zero-order chi connectivity index (χ0) is 30.1. The molecule has 0 spiro atoms. The highest BCUT2D eigenvalue weighted by atomic mass is 32.2. The van der Waals surface area contributed by atoms with Crippen LogP contribution >= 0.6 is 0 Å². The second kappa shape index (κ2) is 11.1. The quantitative estimate of drug-likeness (QED) is 0.273. The Labute approximate surface area is 246 Å². The third kappa shape index (κ3) is 5.46. The molecule has 3 aromatic carbocycles.